The van der Waals surface area contributed by atoms with Gasteiger partial charge in [0.1, 0.15) is 10.8 Å². The number of rotatable bonds is 5. The molecule has 0 aliphatic heterocycles. The third kappa shape index (κ3) is 4.48. The van der Waals surface area contributed by atoms with Gasteiger partial charge in [0, 0.05) is 18.7 Å². The molecule has 0 bridgehead atoms. The molecule has 0 radical (unpaired) electrons. The highest BCUT2D eigenvalue weighted by Gasteiger charge is 2.10. The predicted octanol–water partition coefficient (Wildman–Crippen LogP) is 5.33. The molecule has 0 unspecified atom stereocenters. The first-order valence-corrected chi connectivity index (χ1v) is 7.61. The molecule has 1 aromatic carbocycles. The number of nitrogens with zero attached hydrogens (tertiary/aromatic N) is 1. The molecule has 1 N–H and O–H groups in total. The Balaban J connectivity index is 2.20. The van der Waals surface area contributed by atoms with E-state index in [0.717, 1.165) is 5.69 Å². The first-order valence-electron chi connectivity index (χ1n) is 6.48. The van der Waals surface area contributed by atoms with E-state index < -0.39 is 0 Å². The molecular formula is C15H15Cl3N2O. The lowest BCUT2D eigenvalue weighted by Crippen LogP contribution is -2.22. The van der Waals surface area contributed by atoms with E-state index in [-0.39, 0.29) is 0 Å². The van der Waals surface area contributed by atoms with E-state index in [4.69, 9.17) is 39.5 Å². The van der Waals surface area contributed by atoms with Gasteiger partial charge in [0.25, 0.3) is 0 Å². The molecule has 2 aromatic rings. The number of nitrogens with one attached hydrogen (secondary N) is 1. The van der Waals surface area contributed by atoms with Crippen molar-refractivity contribution in [3.8, 4) is 11.6 Å². The zero-order valence-corrected chi connectivity index (χ0v) is 13.9. The van der Waals surface area contributed by atoms with Crippen LogP contribution < -0.4 is 10.1 Å². The predicted molar refractivity (Wildman–Crippen MR) is 87.8 cm³/mol. The molecule has 21 heavy (non-hydrogen) atoms. The van der Waals surface area contributed by atoms with Gasteiger partial charge in [-0.05, 0) is 18.2 Å². The number of pyridine rings is 1. The molecule has 0 amide bonds. The van der Waals surface area contributed by atoms with E-state index >= 15 is 0 Å². The van der Waals surface area contributed by atoms with Crippen molar-refractivity contribution in [1.82, 2.24) is 10.3 Å². The fourth-order valence-corrected chi connectivity index (χ4v) is 2.12. The smallest absolute Gasteiger partial charge is 0.219 e. The van der Waals surface area contributed by atoms with E-state index in [9.17, 15) is 0 Å². The summed E-state index contributed by atoms with van der Waals surface area (Å²) in [4.78, 5) is 4.39. The van der Waals surface area contributed by atoms with Crippen LogP contribution in [-0.2, 0) is 6.54 Å². The van der Waals surface area contributed by atoms with Crippen molar-refractivity contribution in [2.75, 3.05) is 0 Å². The molecule has 0 saturated heterocycles. The Labute approximate surface area is 139 Å². The van der Waals surface area contributed by atoms with Crippen LogP contribution in [0.2, 0.25) is 15.1 Å². The number of aromatic nitrogens is 1. The van der Waals surface area contributed by atoms with Crippen molar-refractivity contribution in [3.63, 3.8) is 0 Å². The summed E-state index contributed by atoms with van der Waals surface area (Å²) in [5.74, 6) is 0.880. The molecule has 1 heterocycles. The number of benzene rings is 1. The zero-order chi connectivity index (χ0) is 15.4. The Kier molecular flexibility index (Phi) is 5.71. The highest BCUT2D eigenvalue weighted by Crippen LogP contribution is 2.34. The van der Waals surface area contributed by atoms with E-state index in [2.05, 4.69) is 24.1 Å². The van der Waals surface area contributed by atoms with Crippen LogP contribution >= 0.6 is 34.8 Å². The first-order chi connectivity index (χ1) is 9.97. The van der Waals surface area contributed by atoms with Gasteiger partial charge in [-0.15, -0.1) is 0 Å². The quantitative estimate of drug-likeness (QED) is 0.795. The Morgan fingerprint density at radius 1 is 1.10 bits per heavy atom. The summed E-state index contributed by atoms with van der Waals surface area (Å²) in [6.07, 6.45) is 0. The molecule has 0 atom stereocenters. The Morgan fingerprint density at radius 3 is 2.57 bits per heavy atom. The first kappa shape index (κ1) is 16.4. The molecule has 0 aliphatic carbocycles. The highest BCUT2D eigenvalue weighted by molar-refractivity contribution is 6.42. The van der Waals surface area contributed by atoms with Crippen LogP contribution in [0.3, 0.4) is 0 Å². The van der Waals surface area contributed by atoms with Gasteiger partial charge in [-0.25, -0.2) is 4.98 Å². The van der Waals surface area contributed by atoms with Gasteiger partial charge >= 0.3 is 0 Å². The van der Waals surface area contributed by atoms with Gasteiger partial charge < -0.3 is 10.1 Å². The average molecular weight is 346 g/mol. The summed E-state index contributed by atoms with van der Waals surface area (Å²) in [6, 6.07) is 8.98. The average Bonchev–Trinajstić information content (AvgIpc) is 2.44. The summed E-state index contributed by atoms with van der Waals surface area (Å²) in [5, 5.41) is 4.65. The van der Waals surface area contributed by atoms with Crippen LogP contribution in [0.5, 0.6) is 11.6 Å². The lowest BCUT2D eigenvalue weighted by atomic mass is 10.3. The van der Waals surface area contributed by atoms with Crippen LogP contribution in [0.25, 0.3) is 0 Å². The highest BCUT2D eigenvalue weighted by atomic mass is 35.5. The fourth-order valence-electron chi connectivity index (χ4n) is 1.62. The SMILES string of the molecule is CC(C)NCc1nc(Oc2cccc(Cl)c2Cl)ccc1Cl. The summed E-state index contributed by atoms with van der Waals surface area (Å²) < 4.78 is 5.68. The lowest BCUT2D eigenvalue weighted by molar-refractivity contribution is 0.458. The van der Waals surface area contributed by atoms with Gasteiger partial charge in [-0.1, -0.05) is 54.7 Å². The maximum atomic E-state index is 6.13. The Morgan fingerprint density at radius 2 is 1.86 bits per heavy atom. The van der Waals surface area contributed by atoms with Gasteiger partial charge in [0.2, 0.25) is 5.88 Å². The number of ether oxygens (including phenoxy) is 1. The minimum absolute atomic E-state index is 0.342. The number of halogens is 3. The van der Waals surface area contributed by atoms with Crippen molar-refractivity contribution in [2.45, 2.75) is 26.4 Å². The van der Waals surface area contributed by atoms with Crippen LogP contribution in [0.15, 0.2) is 30.3 Å². The Hall–Kier alpha value is -1.000. The van der Waals surface area contributed by atoms with Gasteiger partial charge in [0.15, 0.2) is 0 Å². The van der Waals surface area contributed by atoms with Gasteiger partial charge in [0.05, 0.1) is 15.7 Å². The van der Waals surface area contributed by atoms with Crippen molar-refractivity contribution in [3.05, 3.63) is 51.1 Å². The van der Waals surface area contributed by atoms with Gasteiger partial charge in [-0.3, -0.25) is 0 Å². The second-order valence-electron chi connectivity index (χ2n) is 4.77. The topological polar surface area (TPSA) is 34.2 Å². The largest absolute Gasteiger partial charge is 0.437 e. The van der Waals surface area contributed by atoms with Crippen molar-refractivity contribution < 1.29 is 4.74 Å². The molecule has 2 rings (SSSR count). The lowest BCUT2D eigenvalue weighted by Gasteiger charge is -2.12. The van der Waals surface area contributed by atoms with Crippen LogP contribution in [0, 0.1) is 0 Å². The van der Waals surface area contributed by atoms with Crippen molar-refractivity contribution in [2.24, 2.45) is 0 Å². The molecule has 0 saturated carbocycles. The minimum Gasteiger partial charge on any atom is -0.437 e. The molecule has 0 fully saturated rings. The molecule has 112 valence electrons. The normalized spacial score (nSPS) is 11.0. The summed E-state index contributed by atoms with van der Waals surface area (Å²) in [7, 11) is 0. The molecule has 6 heteroatoms. The van der Waals surface area contributed by atoms with Crippen molar-refractivity contribution >= 4 is 34.8 Å². The maximum Gasteiger partial charge on any atom is 0.219 e. The monoisotopic (exact) mass is 344 g/mol. The Bertz CT molecular complexity index is 632. The summed E-state index contributed by atoms with van der Waals surface area (Å²) in [6.45, 7) is 4.68. The molecule has 0 aliphatic rings. The summed E-state index contributed by atoms with van der Waals surface area (Å²) >= 11 is 18.2. The van der Waals surface area contributed by atoms with E-state index in [0.29, 0.717) is 39.3 Å². The molecule has 0 spiro atoms. The van der Waals surface area contributed by atoms with Crippen molar-refractivity contribution in [1.29, 1.82) is 0 Å². The minimum atomic E-state index is 0.342. The van der Waals surface area contributed by atoms with E-state index in [1.807, 2.05) is 0 Å². The molecule has 3 nitrogen and oxygen atoms in total. The third-order valence-electron chi connectivity index (χ3n) is 2.70. The zero-order valence-electron chi connectivity index (χ0n) is 11.7. The number of hydrogen-bond donors (Lipinski definition) is 1. The third-order valence-corrected chi connectivity index (χ3v) is 3.85. The van der Waals surface area contributed by atoms with E-state index in [1.165, 1.54) is 0 Å². The van der Waals surface area contributed by atoms with Gasteiger partial charge in [-0.2, -0.15) is 0 Å². The fraction of sp³-hybridized carbons (Fsp3) is 0.267. The number of hydrogen-bond acceptors (Lipinski definition) is 3. The second kappa shape index (κ2) is 7.32. The molecule has 1 aromatic heterocycles. The maximum absolute atomic E-state index is 6.13. The molecular weight excluding hydrogens is 331 g/mol. The van der Waals surface area contributed by atoms with Crippen LogP contribution in [-0.4, -0.2) is 11.0 Å². The van der Waals surface area contributed by atoms with Crippen LogP contribution in [0.1, 0.15) is 19.5 Å². The van der Waals surface area contributed by atoms with E-state index in [1.54, 1.807) is 30.3 Å². The standard InChI is InChI=1S/C15H15Cl3N2O/c1-9(2)19-8-12-10(16)6-7-14(20-12)21-13-5-3-4-11(17)15(13)18/h3-7,9,19H,8H2,1-2H3. The summed E-state index contributed by atoms with van der Waals surface area (Å²) in [5.41, 5.74) is 0.723. The van der Waals surface area contributed by atoms with Crippen LogP contribution in [0.4, 0.5) is 0 Å². The second-order valence-corrected chi connectivity index (χ2v) is 5.96.